The second kappa shape index (κ2) is 12.2. The first-order valence-electron chi connectivity index (χ1n) is 11.6. The van der Waals surface area contributed by atoms with E-state index in [-0.39, 0.29) is 23.6 Å². The van der Waals surface area contributed by atoms with Gasteiger partial charge in [-0.25, -0.2) is 4.39 Å². The summed E-state index contributed by atoms with van der Waals surface area (Å²) in [6.45, 7) is 2.66. The second-order valence-corrected chi connectivity index (χ2v) is 9.90. The molecule has 1 heterocycles. The monoisotopic (exact) mass is 569 g/mol. The van der Waals surface area contributed by atoms with Gasteiger partial charge in [-0.05, 0) is 66.9 Å². The van der Waals surface area contributed by atoms with Gasteiger partial charge >= 0.3 is 0 Å². The van der Waals surface area contributed by atoms with Gasteiger partial charge in [-0.3, -0.25) is 14.5 Å². The maximum Gasteiger partial charge on any atom is 0.293 e. The van der Waals surface area contributed by atoms with Crippen molar-refractivity contribution in [3.63, 3.8) is 0 Å². The molecular weight excluding hydrogens is 545 g/mol. The molecule has 2 amide bonds. The fourth-order valence-corrected chi connectivity index (χ4v) is 5.03. The third kappa shape index (κ3) is 6.36. The normalized spacial score (nSPS) is 14.5. The van der Waals surface area contributed by atoms with Crippen LogP contribution in [0.1, 0.15) is 30.0 Å². The number of halogens is 2. The van der Waals surface area contributed by atoms with Crippen LogP contribution < -0.4 is 9.47 Å². The van der Waals surface area contributed by atoms with Crippen molar-refractivity contribution in [2.75, 3.05) is 13.2 Å². The molecule has 0 saturated carbocycles. The first kappa shape index (κ1) is 26.0. The van der Waals surface area contributed by atoms with E-state index < -0.39 is 0 Å². The number of thioether (sulfide) groups is 1. The molecule has 0 unspecified atom stereocenters. The highest BCUT2D eigenvalue weighted by Crippen LogP contribution is 2.38. The summed E-state index contributed by atoms with van der Waals surface area (Å²) in [7, 11) is 0. The van der Waals surface area contributed by atoms with Crippen LogP contribution in [0.3, 0.4) is 0 Å². The molecule has 0 aromatic heterocycles. The van der Waals surface area contributed by atoms with Crippen LogP contribution in [0, 0.1) is 5.82 Å². The largest absolute Gasteiger partial charge is 0.490 e. The van der Waals surface area contributed by atoms with Crippen molar-refractivity contribution in [3.8, 4) is 11.5 Å². The molecule has 1 aliphatic rings. The molecule has 1 fully saturated rings. The molecule has 1 aliphatic heterocycles. The van der Waals surface area contributed by atoms with Crippen LogP contribution in [-0.2, 0) is 17.8 Å². The molecule has 0 aliphatic carbocycles. The summed E-state index contributed by atoms with van der Waals surface area (Å²) in [6, 6.07) is 19.9. The van der Waals surface area contributed by atoms with Gasteiger partial charge in [0, 0.05) is 16.6 Å². The Labute approximate surface area is 222 Å². The zero-order valence-corrected chi connectivity index (χ0v) is 22.1. The van der Waals surface area contributed by atoms with Crippen LogP contribution in [0.15, 0.2) is 76.1 Å². The standard InChI is InChI=1S/C28H25BrFNO4S/c1-2-34-24-15-21(22(29)17-25(24)35-18-20-12-6-7-13-23(20)30)16-26-27(32)31(28(33)36-26)14-8-11-19-9-4-3-5-10-19/h3-7,9-10,12-13,15-17H,2,8,11,14,18H2,1H3/b26-16+. The molecule has 3 aromatic carbocycles. The topological polar surface area (TPSA) is 55.8 Å². The van der Waals surface area contributed by atoms with Gasteiger partial charge in [0.1, 0.15) is 12.4 Å². The minimum absolute atomic E-state index is 0.0421. The summed E-state index contributed by atoms with van der Waals surface area (Å²) < 4.78 is 26.2. The van der Waals surface area contributed by atoms with Gasteiger partial charge in [-0.2, -0.15) is 0 Å². The van der Waals surface area contributed by atoms with Crippen LogP contribution in [0.2, 0.25) is 0 Å². The molecule has 3 aromatic rings. The molecule has 8 heteroatoms. The predicted octanol–water partition coefficient (Wildman–Crippen LogP) is 7.24. The van der Waals surface area contributed by atoms with Gasteiger partial charge in [-0.1, -0.05) is 64.5 Å². The van der Waals surface area contributed by atoms with Crippen LogP contribution >= 0.6 is 27.7 Å². The third-order valence-corrected chi connectivity index (χ3v) is 7.15. The Hall–Kier alpha value is -3.10. The van der Waals surface area contributed by atoms with Crippen molar-refractivity contribution in [3.05, 3.63) is 98.6 Å². The van der Waals surface area contributed by atoms with E-state index in [1.165, 1.54) is 16.5 Å². The molecule has 4 rings (SSSR count). The molecular formula is C28H25BrFNO4S. The van der Waals surface area contributed by atoms with E-state index in [2.05, 4.69) is 15.9 Å². The minimum atomic E-state index is -0.342. The van der Waals surface area contributed by atoms with Gasteiger partial charge in [0.25, 0.3) is 11.1 Å². The number of benzene rings is 3. The number of rotatable bonds is 10. The minimum Gasteiger partial charge on any atom is -0.490 e. The number of nitrogens with zero attached hydrogens (tertiary/aromatic N) is 1. The van der Waals surface area contributed by atoms with Crippen LogP contribution in [0.4, 0.5) is 9.18 Å². The Bertz CT molecular complexity index is 1280. The van der Waals surface area contributed by atoms with Crippen LogP contribution in [0.5, 0.6) is 11.5 Å². The van der Waals surface area contributed by atoms with Gasteiger partial charge in [0.05, 0.1) is 11.5 Å². The Balaban J connectivity index is 1.48. The lowest BCUT2D eigenvalue weighted by Gasteiger charge is -2.14. The highest BCUT2D eigenvalue weighted by molar-refractivity contribution is 9.10. The third-order valence-electron chi connectivity index (χ3n) is 5.55. The van der Waals surface area contributed by atoms with E-state index in [9.17, 15) is 14.0 Å². The van der Waals surface area contributed by atoms with Gasteiger partial charge in [0.2, 0.25) is 0 Å². The van der Waals surface area contributed by atoms with Crippen molar-refractivity contribution in [2.24, 2.45) is 0 Å². The number of imide groups is 1. The Morgan fingerprint density at radius 2 is 1.72 bits per heavy atom. The van der Waals surface area contributed by atoms with Gasteiger partial charge in [-0.15, -0.1) is 0 Å². The number of amides is 2. The van der Waals surface area contributed by atoms with E-state index in [0.29, 0.717) is 51.6 Å². The lowest BCUT2D eigenvalue weighted by molar-refractivity contribution is -0.122. The first-order valence-corrected chi connectivity index (χ1v) is 13.2. The number of carbonyl (C=O) groups is 2. The fraction of sp³-hybridized carbons (Fsp3) is 0.214. The van der Waals surface area contributed by atoms with E-state index in [1.807, 2.05) is 37.3 Å². The quantitative estimate of drug-likeness (QED) is 0.241. The second-order valence-electron chi connectivity index (χ2n) is 8.06. The summed E-state index contributed by atoms with van der Waals surface area (Å²) >= 11 is 4.45. The number of carbonyl (C=O) groups excluding carboxylic acids is 2. The molecule has 186 valence electrons. The summed E-state index contributed by atoms with van der Waals surface area (Å²) in [5, 5.41) is -0.273. The van der Waals surface area contributed by atoms with E-state index in [0.717, 1.165) is 18.2 Å². The van der Waals surface area contributed by atoms with Crippen molar-refractivity contribution in [1.82, 2.24) is 4.90 Å². The summed E-state index contributed by atoms with van der Waals surface area (Å²) in [4.78, 5) is 27.1. The number of ether oxygens (including phenoxy) is 2. The van der Waals surface area contributed by atoms with Crippen LogP contribution in [0.25, 0.3) is 6.08 Å². The lowest BCUT2D eigenvalue weighted by Crippen LogP contribution is -2.29. The maximum atomic E-state index is 14.0. The number of hydrogen-bond acceptors (Lipinski definition) is 5. The summed E-state index contributed by atoms with van der Waals surface area (Å²) in [5.41, 5.74) is 2.28. The molecule has 0 spiro atoms. The lowest BCUT2D eigenvalue weighted by atomic mass is 10.1. The van der Waals surface area contributed by atoms with E-state index in [1.54, 1.807) is 36.4 Å². The molecule has 0 radical (unpaired) electrons. The van der Waals surface area contributed by atoms with Crippen LogP contribution in [-0.4, -0.2) is 29.2 Å². The zero-order valence-electron chi connectivity index (χ0n) is 19.7. The highest BCUT2D eigenvalue weighted by atomic mass is 79.9. The smallest absolute Gasteiger partial charge is 0.293 e. The first-order chi connectivity index (χ1) is 17.5. The summed E-state index contributed by atoms with van der Waals surface area (Å²) in [6.07, 6.45) is 3.16. The highest BCUT2D eigenvalue weighted by Gasteiger charge is 2.34. The average molecular weight is 570 g/mol. The van der Waals surface area contributed by atoms with Gasteiger partial charge in [0.15, 0.2) is 11.5 Å². The zero-order chi connectivity index (χ0) is 25.5. The number of hydrogen-bond donors (Lipinski definition) is 0. The fourth-order valence-electron chi connectivity index (χ4n) is 3.73. The Kier molecular flexibility index (Phi) is 8.83. The SMILES string of the molecule is CCOc1cc(/C=C2/SC(=O)N(CCCc3ccccc3)C2=O)c(Br)cc1OCc1ccccc1F. The molecule has 0 N–H and O–H groups in total. The molecule has 1 saturated heterocycles. The molecule has 5 nitrogen and oxygen atoms in total. The predicted molar refractivity (Wildman–Crippen MR) is 143 cm³/mol. The Morgan fingerprint density at radius 1 is 1.00 bits per heavy atom. The van der Waals surface area contributed by atoms with Crippen molar-refractivity contribution in [2.45, 2.75) is 26.4 Å². The van der Waals surface area contributed by atoms with E-state index in [4.69, 9.17) is 9.47 Å². The van der Waals surface area contributed by atoms with Crippen molar-refractivity contribution < 1.29 is 23.5 Å². The Morgan fingerprint density at radius 3 is 2.47 bits per heavy atom. The summed E-state index contributed by atoms with van der Waals surface area (Å²) in [5.74, 6) is 0.261. The molecule has 0 bridgehead atoms. The molecule has 0 atom stereocenters. The molecule has 36 heavy (non-hydrogen) atoms. The van der Waals surface area contributed by atoms with E-state index >= 15 is 0 Å². The maximum absolute atomic E-state index is 14.0. The average Bonchev–Trinajstić information content (AvgIpc) is 3.14. The number of aryl methyl sites for hydroxylation is 1. The van der Waals surface area contributed by atoms with Crippen molar-refractivity contribution in [1.29, 1.82) is 0 Å². The van der Waals surface area contributed by atoms with Gasteiger partial charge < -0.3 is 9.47 Å². The van der Waals surface area contributed by atoms with Crippen molar-refractivity contribution >= 4 is 44.9 Å².